The Balaban J connectivity index is 2.85. The number of nitrogens with zero attached hydrogens (tertiary/aromatic N) is 1. The largest absolute Gasteiger partial charge is 0.379 e. The molecule has 1 aromatic heterocycles. The number of pyridine rings is 1. The van der Waals surface area contributed by atoms with Gasteiger partial charge in [0.2, 0.25) is 5.91 Å². The van der Waals surface area contributed by atoms with Gasteiger partial charge in [0, 0.05) is 12.4 Å². The SMILES string of the molecule is O=C(N[Si])c1cccnc1. The Labute approximate surface area is 62.0 Å². The van der Waals surface area contributed by atoms with Crippen molar-refractivity contribution in [3.05, 3.63) is 30.1 Å². The molecule has 1 rings (SSSR count). The maximum absolute atomic E-state index is 10.8. The van der Waals surface area contributed by atoms with Crippen LogP contribution in [0.4, 0.5) is 0 Å². The lowest BCUT2D eigenvalue weighted by atomic mass is 10.3. The number of carbonyl (C=O) groups is 1. The molecule has 0 saturated carbocycles. The highest BCUT2D eigenvalue weighted by atomic mass is 28.2. The molecular formula is C6H5N2OSi. The van der Waals surface area contributed by atoms with E-state index in [1.54, 1.807) is 18.3 Å². The fourth-order valence-electron chi connectivity index (χ4n) is 0.569. The van der Waals surface area contributed by atoms with Crippen molar-refractivity contribution in [2.24, 2.45) is 0 Å². The van der Waals surface area contributed by atoms with Crippen LogP contribution in [0.1, 0.15) is 10.4 Å². The number of aromatic nitrogens is 1. The Morgan fingerprint density at radius 3 is 3.00 bits per heavy atom. The third kappa shape index (κ3) is 1.41. The van der Waals surface area contributed by atoms with Crippen molar-refractivity contribution in [2.45, 2.75) is 0 Å². The lowest BCUT2D eigenvalue weighted by Crippen LogP contribution is -2.19. The number of amides is 1. The minimum Gasteiger partial charge on any atom is -0.379 e. The van der Waals surface area contributed by atoms with E-state index in [2.05, 4.69) is 20.4 Å². The normalized spacial score (nSPS) is 8.90. The van der Waals surface area contributed by atoms with E-state index < -0.39 is 0 Å². The third-order valence-electron chi connectivity index (χ3n) is 1.04. The quantitative estimate of drug-likeness (QED) is 0.566. The first-order valence-electron chi connectivity index (χ1n) is 2.71. The molecule has 1 amide bonds. The molecule has 1 aromatic rings. The van der Waals surface area contributed by atoms with Gasteiger partial charge in [-0.25, -0.2) is 0 Å². The van der Waals surface area contributed by atoms with E-state index in [1.165, 1.54) is 6.20 Å². The maximum Gasteiger partial charge on any atom is 0.244 e. The first-order chi connectivity index (χ1) is 4.84. The standard InChI is InChI=1S/C6H5N2OSi/c9-6(8-10)5-2-1-3-7-4-5/h1-4H,(H,8,9). The van der Waals surface area contributed by atoms with Gasteiger partial charge >= 0.3 is 0 Å². The summed E-state index contributed by atoms with van der Waals surface area (Å²) >= 11 is 0. The second-order valence-electron chi connectivity index (χ2n) is 1.70. The molecule has 3 radical (unpaired) electrons. The molecule has 0 aromatic carbocycles. The van der Waals surface area contributed by atoms with Gasteiger partial charge in [-0.2, -0.15) is 0 Å². The van der Waals surface area contributed by atoms with Gasteiger partial charge in [0.1, 0.15) is 0 Å². The van der Waals surface area contributed by atoms with Crippen LogP contribution >= 0.6 is 0 Å². The van der Waals surface area contributed by atoms with Crippen LogP contribution in [-0.4, -0.2) is 21.3 Å². The molecule has 10 heavy (non-hydrogen) atoms. The topological polar surface area (TPSA) is 42.0 Å². The third-order valence-corrected chi connectivity index (χ3v) is 1.26. The summed E-state index contributed by atoms with van der Waals surface area (Å²) in [6, 6.07) is 3.39. The van der Waals surface area contributed by atoms with E-state index in [9.17, 15) is 4.79 Å². The van der Waals surface area contributed by atoms with Crippen LogP contribution in [0, 0.1) is 0 Å². The van der Waals surface area contributed by atoms with Crippen LogP contribution in [0.5, 0.6) is 0 Å². The van der Waals surface area contributed by atoms with Crippen molar-refractivity contribution < 1.29 is 4.79 Å². The van der Waals surface area contributed by atoms with Crippen LogP contribution in [0.25, 0.3) is 0 Å². The molecule has 49 valence electrons. The molecule has 3 nitrogen and oxygen atoms in total. The fraction of sp³-hybridized carbons (Fsp3) is 0. The summed E-state index contributed by atoms with van der Waals surface area (Å²) in [6.07, 6.45) is 3.11. The fourth-order valence-corrected chi connectivity index (χ4v) is 0.714. The first kappa shape index (κ1) is 6.95. The molecule has 0 saturated heterocycles. The Morgan fingerprint density at radius 1 is 1.70 bits per heavy atom. The van der Waals surface area contributed by atoms with Gasteiger partial charge in [-0.15, -0.1) is 0 Å². The minimum absolute atomic E-state index is 0.190. The summed E-state index contributed by atoms with van der Waals surface area (Å²) in [6.45, 7) is 0. The molecule has 0 aliphatic carbocycles. The average Bonchev–Trinajstić information content (AvgIpc) is 2.05. The summed E-state index contributed by atoms with van der Waals surface area (Å²) in [7, 11) is 2.87. The number of rotatable bonds is 1. The van der Waals surface area contributed by atoms with Crippen LogP contribution in [-0.2, 0) is 0 Å². The Hall–Kier alpha value is -1.16. The molecule has 1 heterocycles. The van der Waals surface area contributed by atoms with E-state index >= 15 is 0 Å². The second-order valence-corrected chi connectivity index (χ2v) is 1.95. The molecule has 0 bridgehead atoms. The van der Waals surface area contributed by atoms with Gasteiger partial charge in [0.15, 0.2) is 10.4 Å². The predicted octanol–water partition coefficient (Wildman–Crippen LogP) is -0.105. The Kier molecular flexibility index (Phi) is 2.17. The van der Waals surface area contributed by atoms with Crippen molar-refractivity contribution >= 4 is 16.3 Å². The van der Waals surface area contributed by atoms with Crippen LogP contribution in [0.3, 0.4) is 0 Å². The highest BCUT2D eigenvalue weighted by Gasteiger charge is 1.98. The molecule has 0 atom stereocenters. The van der Waals surface area contributed by atoms with E-state index in [-0.39, 0.29) is 5.91 Å². The number of nitrogens with one attached hydrogen (secondary N) is 1. The molecule has 0 unspecified atom stereocenters. The zero-order chi connectivity index (χ0) is 7.40. The van der Waals surface area contributed by atoms with Gasteiger partial charge in [-0.05, 0) is 12.1 Å². The highest BCUT2D eigenvalue weighted by molar-refractivity contribution is 6.18. The van der Waals surface area contributed by atoms with E-state index in [0.29, 0.717) is 5.56 Å². The average molecular weight is 149 g/mol. The smallest absolute Gasteiger partial charge is 0.244 e. The van der Waals surface area contributed by atoms with Gasteiger partial charge in [0.05, 0.1) is 5.56 Å². The molecular weight excluding hydrogens is 144 g/mol. The van der Waals surface area contributed by atoms with Crippen LogP contribution in [0.2, 0.25) is 0 Å². The minimum atomic E-state index is -0.190. The van der Waals surface area contributed by atoms with Crippen molar-refractivity contribution in [3.8, 4) is 0 Å². The molecule has 0 aliphatic heterocycles. The molecule has 0 spiro atoms. The zero-order valence-corrected chi connectivity index (χ0v) is 6.16. The summed E-state index contributed by atoms with van der Waals surface area (Å²) in [5.74, 6) is -0.190. The van der Waals surface area contributed by atoms with E-state index in [4.69, 9.17) is 0 Å². The van der Waals surface area contributed by atoms with Crippen molar-refractivity contribution in [3.63, 3.8) is 0 Å². The van der Waals surface area contributed by atoms with Gasteiger partial charge in [0.25, 0.3) is 0 Å². The molecule has 0 aliphatic rings. The van der Waals surface area contributed by atoms with E-state index in [0.717, 1.165) is 0 Å². The highest BCUT2D eigenvalue weighted by Crippen LogP contribution is 1.92. The maximum atomic E-state index is 10.8. The number of carbonyl (C=O) groups excluding carboxylic acids is 1. The summed E-state index contributed by atoms with van der Waals surface area (Å²) < 4.78 is 0. The van der Waals surface area contributed by atoms with Crippen molar-refractivity contribution in [1.82, 2.24) is 9.97 Å². The lowest BCUT2D eigenvalue weighted by Gasteiger charge is -1.95. The second kappa shape index (κ2) is 3.12. The Morgan fingerprint density at radius 2 is 2.50 bits per heavy atom. The summed E-state index contributed by atoms with van der Waals surface area (Å²) in [4.78, 5) is 16.9. The predicted molar refractivity (Wildman–Crippen MR) is 37.5 cm³/mol. The van der Waals surface area contributed by atoms with Gasteiger partial charge < -0.3 is 4.98 Å². The number of hydrogen-bond donors (Lipinski definition) is 1. The number of hydrogen-bond acceptors (Lipinski definition) is 2. The lowest BCUT2D eigenvalue weighted by molar-refractivity contribution is 0.0981. The van der Waals surface area contributed by atoms with Crippen LogP contribution < -0.4 is 4.98 Å². The Bertz CT molecular complexity index is 224. The zero-order valence-electron chi connectivity index (χ0n) is 5.16. The van der Waals surface area contributed by atoms with Gasteiger partial charge in [-0.3, -0.25) is 9.78 Å². The monoisotopic (exact) mass is 149 g/mol. The summed E-state index contributed by atoms with van der Waals surface area (Å²) in [5.41, 5.74) is 0.539. The van der Waals surface area contributed by atoms with Crippen molar-refractivity contribution in [1.29, 1.82) is 0 Å². The van der Waals surface area contributed by atoms with Crippen molar-refractivity contribution in [2.75, 3.05) is 0 Å². The van der Waals surface area contributed by atoms with E-state index in [1.807, 2.05) is 0 Å². The molecule has 0 fully saturated rings. The molecule has 4 heteroatoms. The summed E-state index contributed by atoms with van der Waals surface area (Å²) in [5, 5.41) is 0. The van der Waals surface area contributed by atoms with Crippen LogP contribution in [0.15, 0.2) is 24.5 Å². The molecule has 1 N–H and O–H groups in total. The van der Waals surface area contributed by atoms with Gasteiger partial charge in [-0.1, -0.05) is 0 Å². The first-order valence-corrected chi connectivity index (χ1v) is 3.21.